The van der Waals surface area contributed by atoms with Crippen LogP contribution in [0, 0.1) is 6.92 Å². The van der Waals surface area contributed by atoms with E-state index in [9.17, 15) is 9.59 Å². The fourth-order valence-corrected chi connectivity index (χ4v) is 6.80. The Morgan fingerprint density at radius 1 is 1.00 bits per heavy atom. The molecule has 0 spiro atoms. The summed E-state index contributed by atoms with van der Waals surface area (Å²) < 4.78 is 7.35. The molecule has 0 radical (unpaired) electrons. The van der Waals surface area contributed by atoms with Gasteiger partial charge in [0.15, 0.2) is 5.76 Å². The molecule has 1 amide bonds. The number of rotatable bonds is 7. The minimum absolute atomic E-state index is 0.00555. The molecular formula is C32H38N4O3. The Bertz CT molecular complexity index is 1450. The number of aromatic amines is 1. The molecule has 204 valence electrons. The molecule has 4 aromatic rings. The van der Waals surface area contributed by atoms with Crippen molar-refractivity contribution in [3.63, 3.8) is 0 Å². The van der Waals surface area contributed by atoms with E-state index in [4.69, 9.17) is 4.42 Å². The fraction of sp³-hybridized carbons (Fsp3) is 0.438. The van der Waals surface area contributed by atoms with Gasteiger partial charge in [-0.3, -0.25) is 9.36 Å². The zero-order valence-electron chi connectivity index (χ0n) is 22.8. The van der Waals surface area contributed by atoms with E-state index in [1.807, 2.05) is 21.6 Å². The summed E-state index contributed by atoms with van der Waals surface area (Å²) in [6.07, 6.45) is 7.72. The summed E-state index contributed by atoms with van der Waals surface area (Å²) in [5.41, 5.74) is 4.63. The van der Waals surface area contributed by atoms with Crippen molar-refractivity contribution >= 4 is 16.9 Å². The van der Waals surface area contributed by atoms with E-state index < -0.39 is 0 Å². The first-order valence-electron chi connectivity index (χ1n) is 14.3. The standard InChI is InChI=1S/C32H38N4O3/c1-24-10-11-27-28(23-24)36(31(38)33-27)26-12-18-34(19-13-26)17-6-14-32(25-7-3-2-4-8-25)15-20-35(21-16-32)30(37)29-9-5-22-39-29/h2-5,7-11,22-23,26H,6,12-21H2,1H3,(H,33,38). The van der Waals surface area contributed by atoms with Crippen molar-refractivity contribution in [2.24, 2.45) is 0 Å². The van der Waals surface area contributed by atoms with Gasteiger partial charge in [-0.15, -0.1) is 0 Å². The van der Waals surface area contributed by atoms with Crippen LogP contribution in [-0.2, 0) is 5.41 Å². The number of furan rings is 1. The van der Waals surface area contributed by atoms with Gasteiger partial charge in [0.1, 0.15) is 0 Å². The molecule has 0 bridgehead atoms. The summed E-state index contributed by atoms with van der Waals surface area (Å²) in [6.45, 7) is 6.67. The molecule has 2 fully saturated rings. The van der Waals surface area contributed by atoms with Crippen LogP contribution in [0.3, 0.4) is 0 Å². The van der Waals surface area contributed by atoms with Gasteiger partial charge in [-0.25, -0.2) is 4.79 Å². The van der Waals surface area contributed by atoms with Crippen LogP contribution in [0.25, 0.3) is 11.0 Å². The minimum Gasteiger partial charge on any atom is -0.459 e. The van der Waals surface area contributed by atoms with Gasteiger partial charge >= 0.3 is 5.69 Å². The number of nitrogens with one attached hydrogen (secondary N) is 1. The van der Waals surface area contributed by atoms with E-state index in [1.54, 1.807) is 18.4 Å². The Balaban J connectivity index is 1.07. The lowest BCUT2D eigenvalue weighted by Gasteiger charge is -2.43. The molecule has 0 aliphatic carbocycles. The fourth-order valence-electron chi connectivity index (χ4n) is 6.80. The molecule has 39 heavy (non-hydrogen) atoms. The predicted octanol–water partition coefficient (Wildman–Crippen LogP) is 5.52. The first-order valence-corrected chi connectivity index (χ1v) is 14.3. The van der Waals surface area contributed by atoms with E-state index in [0.29, 0.717) is 5.76 Å². The van der Waals surface area contributed by atoms with Crippen LogP contribution in [0.2, 0.25) is 0 Å². The van der Waals surface area contributed by atoms with E-state index in [2.05, 4.69) is 53.2 Å². The number of H-pyrrole nitrogens is 1. The Kier molecular flexibility index (Phi) is 7.17. The highest BCUT2D eigenvalue weighted by atomic mass is 16.3. The maximum absolute atomic E-state index is 12.9. The average Bonchev–Trinajstić information content (AvgIpc) is 3.62. The van der Waals surface area contributed by atoms with Gasteiger partial charge in [0.05, 0.1) is 17.3 Å². The number of aromatic nitrogens is 2. The van der Waals surface area contributed by atoms with Crippen molar-refractivity contribution in [1.29, 1.82) is 0 Å². The summed E-state index contributed by atoms with van der Waals surface area (Å²) in [7, 11) is 0. The number of likely N-dealkylation sites (tertiary alicyclic amines) is 2. The van der Waals surface area contributed by atoms with Crippen LogP contribution in [0.1, 0.15) is 66.2 Å². The van der Waals surface area contributed by atoms with Crippen LogP contribution in [0.5, 0.6) is 0 Å². The van der Waals surface area contributed by atoms with Gasteiger partial charge in [0, 0.05) is 32.2 Å². The van der Waals surface area contributed by atoms with Crippen LogP contribution < -0.4 is 5.69 Å². The first kappa shape index (κ1) is 25.7. The third-order valence-electron chi connectivity index (χ3n) is 9.05. The average molecular weight is 527 g/mol. The molecule has 2 saturated heterocycles. The Hall–Kier alpha value is -3.58. The van der Waals surface area contributed by atoms with Crippen molar-refractivity contribution < 1.29 is 9.21 Å². The van der Waals surface area contributed by atoms with Gasteiger partial charge in [-0.1, -0.05) is 36.4 Å². The Morgan fingerprint density at radius 3 is 2.49 bits per heavy atom. The van der Waals surface area contributed by atoms with Gasteiger partial charge in [-0.05, 0) is 92.8 Å². The number of amides is 1. The SMILES string of the molecule is Cc1ccc2[nH]c(=O)n(C3CCN(CCCC4(c5ccccc5)CCN(C(=O)c5ccco5)CC4)CC3)c2c1. The molecule has 2 aromatic heterocycles. The van der Waals surface area contributed by atoms with Crippen molar-refractivity contribution in [1.82, 2.24) is 19.4 Å². The van der Waals surface area contributed by atoms with Crippen molar-refractivity contribution in [3.8, 4) is 0 Å². The van der Waals surface area contributed by atoms with Crippen LogP contribution in [0.15, 0.2) is 76.1 Å². The number of imidazole rings is 1. The highest BCUT2D eigenvalue weighted by Gasteiger charge is 2.37. The van der Waals surface area contributed by atoms with E-state index in [-0.39, 0.29) is 23.1 Å². The topological polar surface area (TPSA) is 74.5 Å². The van der Waals surface area contributed by atoms with Crippen LogP contribution in [-0.4, -0.2) is 58.0 Å². The maximum atomic E-state index is 12.9. The van der Waals surface area contributed by atoms with Crippen molar-refractivity contribution in [3.05, 3.63) is 94.3 Å². The number of piperidine rings is 2. The number of aryl methyl sites for hydroxylation is 1. The molecule has 2 aliphatic heterocycles. The third-order valence-corrected chi connectivity index (χ3v) is 9.05. The number of carbonyl (C=O) groups is 1. The minimum atomic E-state index is -0.00555. The second kappa shape index (κ2) is 10.9. The first-order chi connectivity index (χ1) is 19.0. The zero-order valence-corrected chi connectivity index (χ0v) is 22.8. The number of benzene rings is 2. The Labute approximate surface area is 229 Å². The van der Waals surface area contributed by atoms with Crippen LogP contribution in [0.4, 0.5) is 0 Å². The largest absolute Gasteiger partial charge is 0.459 e. The smallest absolute Gasteiger partial charge is 0.326 e. The summed E-state index contributed by atoms with van der Waals surface area (Å²) in [4.78, 5) is 33.1. The van der Waals surface area contributed by atoms with Crippen molar-refractivity contribution in [2.75, 3.05) is 32.7 Å². The van der Waals surface area contributed by atoms with E-state index in [1.165, 1.54) is 11.1 Å². The number of hydrogen-bond acceptors (Lipinski definition) is 4. The highest BCUT2D eigenvalue weighted by molar-refractivity contribution is 5.91. The normalized spacial score (nSPS) is 18.5. The lowest BCUT2D eigenvalue weighted by Crippen LogP contribution is -2.45. The molecule has 1 N–H and O–H groups in total. The monoisotopic (exact) mass is 526 g/mol. The summed E-state index contributed by atoms with van der Waals surface area (Å²) in [5, 5.41) is 0. The number of carbonyl (C=O) groups excluding carboxylic acids is 1. The molecule has 0 saturated carbocycles. The maximum Gasteiger partial charge on any atom is 0.326 e. The van der Waals surface area contributed by atoms with E-state index in [0.717, 1.165) is 82.3 Å². The van der Waals surface area contributed by atoms with Gasteiger partial charge in [0.2, 0.25) is 0 Å². The molecular weight excluding hydrogens is 488 g/mol. The molecule has 7 nitrogen and oxygen atoms in total. The molecule has 0 atom stereocenters. The van der Waals surface area contributed by atoms with Gasteiger partial charge in [0.25, 0.3) is 5.91 Å². The van der Waals surface area contributed by atoms with Crippen molar-refractivity contribution in [2.45, 2.75) is 56.9 Å². The van der Waals surface area contributed by atoms with E-state index >= 15 is 0 Å². The highest BCUT2D eigenvalue weighted by Crippen LogP contribution is 2.40. The number of nitrogens with zero attached hydrogens (tertiary/aromatic N) is 3. The van der Waals surface area contributed by atoms with Gasteiger partial charge < -0.3 is 19.2 Å². The summed E-state index contributed by atoms with van der Waals surface area (Å²) >= 11 is 0. The second-order valence-electron chi connectivity index (χ2n) is 11.4. The molecule has 2 aromatic carbocycles. The quantitative estimate of drug-likeness (QED) is 0.344. The van der Waals surface area contributed by atoms with Crippen LogP contribution >= 0.6 is 0 Å². The third kappa shape index (κ3) is 5.20. The lowest BCUT2D eigenvalue weighted by molar-refractivity contribution is 0.0621. The predicted molar refractivity (Wildman–Crippen MR) is 153 cm³/mol. The van der Waals surface area contributed by atoms with Gasteiger partial charge in [-0.2, -0.15) is 0 Å². The zero-order chi connectivity index (χ0) is 26.8. The molecule has 7 heteroatoms. The second-order valence-corrected chi connectivity index (χ2v) is 11.4. The number of hydrogen-bond donors (Lipinski definition) is 1. The summed E-state index contributed by atoms with van der Waals surface area (Å²) in [6, 6.07) is 20.8. The molecule has 4 heterocycles. The molecule has 0 unspecified atom stereocenters. The molecule has 2 aliphatic rings. The molecule has 6 rings (SSSR count). The lowest BCUT2D eigenvalue weighted by atomic mass is 9.69. The number of fused-ring (bicyclic) bond motifs is 1. The summed E-state index contributed by atoms with van der Waals surface area (Å²) in [5.74, 6) is 0.421. The Morgan fingerprint density at radius 2 is 1.77 bits per heavy atom.